The van der Waals surface area contributed by atoms with Crippen LogP contribution < -0.4 is 5.32 Å². The molecular formula is C24H24N2O5S. The van der Waals surface area contributed by atoms with E-state index in [0.717, 1.165) is 5.56 Å². The number of carboxylic acid groups (broad SMARTS) is 1. The van der Waals surface area contributed by atoms with Crippen LogP contribution in [-0.4, -0.2) is 36.3 Å². The Morgan fingerprint density at radius 2 is 1.59 bits per heavy atom. The molecule has 7 nitrogen and oxygen atoms in total. The number of aliphatic carboxylic acids is 1. The van der Waals surface area contributed by atoms with Crippen LogP contribution in [0, 0.1) is 23.7 Å². The van der Waals surface area contributed by atoms with Crippen LogP contribution in [0.5, 0.6) is 0 Å². The number of carbonyl (C=O) groups excluding carboxylic acids is 1. The van der Waals surface area contributed by atoms with Gasteiger partial charge in [0.05, 0.1) is 16.7 Å². The molecule has 4 unspecified atom stereocenters. The standard InChI is InChI=1S/C24H24N2O5S/c27-23(21-16-5-6-17(13-16)22(21)24(28)29)25-19-7-9-20(10-8-19)32(30,31)26-12-11-15-3-1-2-4-18(15)14-26/h1-10,16-17,21-22H,11-14H2,(H,25,27)(H,28,29). The second kappa shape index (κ2) is 7.86. The molecule has 2 aromatic carbocycles. The Morgan fingerprint density at radius 3 is 2.28 bits per heavy atom. The average Bonchev–Trinajstić information content (AvgIpc) is 3.41. The number of benzene rings is 2. The van der Waals surface area contributed by atoms with Crippen molar-refractivity contribution in [2.24, 2.45) is 23.7 Å². The SMILES string of the molecule is O=C(O)C1C2C=CC(C2)C1C(=O)Nc1ccc(S(=O)(=O)N2CCc3ccccc3C2)cc1. The molecule has 0 spiro atoms. The zero-order chi connectivity index (χ0) is 22.5. The molecule has 1 aliphatic heterocycles. The van der Waals surface area contributed by atoms with Gasteiger partial charge in [-0.25, -0.2) is 8.42 Å². The summed E-state index contributed by atoms with van der Waals surface area (Å²) in [7, 11) is -3.66. The molecule has 4 atom stereocenters. The molecule has 2 N–H and O–H groups in total. The summed E-state index contributed by atoms with van der Waals surface area (Å²) in [4.78, 5) is 24.7. The summed E-state index contributed by atoms with van der Waals surface area (Å²) >= 11 is 0. The molecule has 0 radical (unpaired) electrons. The van der Waals surface area contributed by atoms with Crippen molar-refractivity contribution in [3.63, 3.8) is 0 Å². The van der Waals surface area contributed by atoms with Gasteiger partial charge in [0.1, 0.15) is 0 Å². The van der Waals surface area contributed by atoms with Crippen LogP contribution in [0.4, 0.5) is 5.69 Å². The second-order valence-corrected chi connectivity index (χ2v) is 10.6. The average molecular weight is 453 g/mol. The van der Waals surface area contributed by atoms with Crippen LogP contribution in [-0.2, 0) is 32.6 Å². The van der Waals surface area contributed by atoms with Gasteiger partial charge in [0.25, 0.3) is 0 Å². The molecule has 1 saturated carbocycles. The molecule has 1 amide bonds. The first kappa shape index (κ1) is 20.9. The van der Waals surface area contributed by atoms with E-state index < -0.39 is 27.8 Å². The number of hydrogen-bond acceptors (Lipinski definition) is 4. The number of carboxylic acids is 1. The molecule has 8 heteroatoms. The highest BCUT2D eigenvalue weighted by Crippen LogP contribution is 2.48. The molecule has 5 rings (SSSR count). The van der Waals surface area contributed by atoms with Gasteiger partial charge in [-0.2, -0.15) is 4.31 Å². The van der Waals surface area contributed by atoms with Gasteiger partial charge in [-0.05, 0) is 60.1 Å². The number of rotatable bonds is 5. The van der Waals surface area contributed by atoms with Crippen molar-refractivity contribution in [1.29, 1.82) is 0 Å². The predicted octanol–water partition coefficient (Wildman–Crippen LogP) is 2.90. The van der Waals surface area contributed by atoms with Gasteiger partial charge >= 0.3 is 5.97 Å². The molecule has 1 fully saturated rings. The molecule has 0 saturated heterocycles. The summed E-state index contributed by atoms with van der Waals surface area (Å²) in [5.74, 6) is -2.78. The maximum Gasteiger partial charge on any atom is 0.307 e. The van der Waals surface area contributed by atoms with Crippen molar-refractivity contribution in [1.82, 2.24) is 4.31 Å². The highest BCUT2D eigenvalue weighted by molar-refractivity contribution is 7.89. The van der Waals surface area contributed by atoms with Gasteiger partial charge < -0.3 is 10.4 Å². The minimum absolute atomic E-state index is 0.0669. The van der Waals surface area contributed by atoms with E-state index in [1.54, 1.807) is 12.1 Å². The van der Waals surface area contributed by atoms with E-state index in [1.165, 1.54) is 22.0 Å². The Balaban J connectivity index is 1.30. The summed E-state index contributed by atoms with van der Waals surface area (Å²) in [6.07, 6.45) is 5.18. The summed E-state index contributed by atoms with van der Waals surface area (Å²) in [6, 6.07) is 13.9. The topological polar surface area (TPSA) is 104 Å². The third kappa shape index (κ3) is 3.53. The fraction of sp³-hybridized carbons (Fsp3) is 0.333. The van der Waals surface area contributed by atoms with Crippen molar-refractivity contribution in [3.8, 4) is 0 Å². The Labute approximate surface area is 186 Å². The van der Waals surface area contributed by atoms with Crippen molar-refractivity contribution in [2.45, 2.75) is 24.3 Å². The largest absolute Gasteiger partial charge is 0.481 e. The lowest BCUT2D eigenvalue weighted by Gasteiger charge is -2.28. The molecule has 2 bridgehead atoms. The summed E-state index contributed by atoms with van der Waals surface area (Å²) < 4.78 is 27.7. The van der Waals surface area contributed by atoms with Gasteiger partial charge in [0.15, 0.2) is 0 Å². The van der Waals surface area contributed by atoms with Crippen LogP contribution in [0.15, 0.2) is 65.6 Å². The van der Waals surface area contributed by atoms with E-state index in [1.807, 2.05) is 36.4 Å². The van der Waals surface area contributed by atoms with Crippen molar-refractivity contribution in [2.75, 3.05) is 11.9 Å². The third-order valence-corrected chi connectivity index (χ3v) is 8.76. The summed E-state index contributed by atoms with van der Waals surface area (Å²) in [5, 5.41) is 12.3. The molecule has 166 valence electrons. The van der Waals surface area contributed by atoms with Crippen LogP contribution in [0.25, 0.3) is 0 Å². The van der Waals surface area contributed by atoms with Crippen LogP contribution in [0.2, 0.25) is 0 Å². The molecule has 0 aromatic heterocycles. The number of amides is 1. The quantitative estimate of drug-likeness (QED) is 0.679. The van der Waals surface area contributed by atoms with E-state index in [4.69, 9.17) is 0 Å². The van der Waals surface area contributed by atoms with Crippen LogP contribution in [0.1, 0.15) is 17.5 Å². The Hall–Kier alpha value is -2.97. The molecular weight excluding hydrogens is 428 g/mol. The number of nitrogens with zero attached hydrogens (tertiary/aromatic N) is 1. The van der Waals surface area contributed by atoms with Gasteiger partial charge in [-0.3, -0.25) is 9.59 Å². The molecule has 1 heterocycles. The van der Waals surface area contributed by atoms with Crippen molar-refractivity contribution in [3.05, 3.63) is 71.8 Å². The van der Waals surface area contributed by atoms with E-state index in [2.05, 4.69) is 5.32 Å². The number of sulfonamides is 1. The number of carbonyl (C=O) groups is 2. The maximum absolute atomic E-state index is 13.1. The van der Waals surface area contributed by atoms with Crippen molar-refractivity contribution < 1.29 is 23.1 Å². The smallest absolute Gasteiger partial charge is 0.307 e. The number of nitrogens with one attached hydrogen (secondary N) is 1. The minimum Gasteiger partial charge on any atom is -0.481 e. The third-order valence-electron chi connectivity index (χ3n) is 6.90. The van der Waals surface area contributed by atoms with E-state index in [0.29, 0.717) is 31.6 Å². The Morgan fingerprint density at radius 1 is 0.938 bits per heavy atom. The number of anilines is 1. The summed E-state index contributed by atoms with van der Waals surface area (Å²) in [6.45, 7) is 0.761. The first-order valence-electron chi connectivity index (χ1n) is 10.7. The number of fused-ring (bicyclic) bond motifs is 3. The fourth-order valence-corrected chi connectivity index (χ4v) is 6.70. The zero-order valence-electron chi connectivity index (χ0n) is 17.3. The van der Waals surface area contributed by atoms with E-state index in [-0.39, 0.29) is 22.6 Å². The number of allylic oxidation sites excluding steroid dienone is 2. The zero-order valence-corrected chi connectivity index (χ0v) is 18.2. The normalized spacial score (nSPS) is 26.6. The molecule has 32 heavy (non-hydrogen) atoms. The van der Waals surface area contributed by atoms with Crippen LogP contribution >= 0.6 is 0 Å². The van der Waals surface area contributed by atoms with Gasteiger partial charge in [-0.1, -0.05) is 36.4 Å². The summed E-state index contributed by atoms with van der Waals surface area (Å²) in [5.41, 5.74) is 2.64. The van der Waals surface area contributed by atoms with Gasteiger partial charge in [0, 0.05) is 18.8 Å². The Bertz CT molecular complexity index is 1210. The van der Waals surface area contributed by atoms with E-state index in [9.17, 15) is 23.1 Å². The van der Waals surface area contributed by atoms with Gasteiger partial charge in [-0.15, -0.1) is 0 Å². The highest BCUT2D eigenvalue weighted by atomic mass is 32.2. The predicted molar refractivity (Wildman–Crippen MR) is 118 cm³/mol. The maximum atomic E-state index is 13.1. The highest BCUT2D eigenvalue weighted by Gasteiger charge is 2.51. The number of hydrogen-bond donors (Lipinski definition) is 2. The van der Waals surface area contributed by atoms with Gasteiger partial charge in [0.2, 0.25) is 15.9 Å². The first-order valence-corrected chi connectivity index (χ1v) is 12.2. The lowest BCUT2D eigenvalue weighted by atomic mass is 9.82. The Kier molecular flexibility index (Phi) is 5.14. The molecule has 2 aliphatic carbocycles. The molecule has 2 aromatic rings. The molecule has 3 aliphatic rings. The fourth-order valence-electron chi connectivity index (χ4n) is 5.28. The lowest BCUT2D eigenvalue weighted by Crippen LogP contribution is -2.36. The van der Waals surface area contributed by atoms with Crippen LogP contribution in [0.3, 0.4) is 0 Å². The van der Waals surface area contributed by atoms with Crippen molar-refractivity contribution >= 4 is 27.6 Å². The monoisotopic (exact) mass is 452 g/mol. The second-order valence-electron chi connectivity index (χ2n) is 8.71. The first-order chi connectivity index (χ1) is 15.3. The minimum atomic E-state index is -3.66. The lowest BCUT2D eigenvalue weighted by molar-refractivity contribution is -0.146. The van der Waals surface area contributed by atoms with E-state index >= 15 is 0 Å².